The van der Waals surface area contributed by atoms with Crippen LogP contribution in [-0.4, -0.2) is 30.6 Å². The second kappa shape index (κ2) is 11.8. The molecule has 0 saturated heterocycles. The Morgan fingerprint density at radius 3 is 2.33 bits per heavy atom. The number of hydrogen-bond acceptors (Lipinski definition) is 4. The molecule has 0 N–H and O–H groups in total. The van der Waals surface area contributed by atoms with Crippen LogP contribution in [0.1, 0.15) is 83.6 Å². The number of unbranched alkanes of at least 4 members (excludes halogenated alkanes) is 8. The average Bonchev–Trinajstić information content (AvgIpc) is 3.08. The van der Waals surface area contributed by atoms with Crippen molar-refractivity contribution in [3.05, 3.63) is 35.9 Å². The summed E-state index contributed by atoms with van der Waals surface area (Å²) in [6.45, 7) is 4.94. The van der Waals surface area contributed by atoms with E-state index in [1.807, 2.05) is 37.3 Å². The zero-order chi connectivity index (χ0) is 19.4. The van der Waals surface area contributed by atoms with Gasteiger partial charge in [0.05, 0.1) is 0 Å². The molecule has 1 heterocycles. The second-order valence-corrected chi connectivity index (χ2v) is 7.81. The monoisotopic (exact) mass is 373 g/mol. The molecule has 0 bridgehead atoms. The Morgan fingerprint density at radius 1 is 1.04 bits per heavy atom. The topological polar surface area (TPSA) is 47.9 Å². The quantitative estimate of drug-likeness (QED) is 0.330. The summed E-state index contributed by atoms with van der Waals surface area (Å²) in [5.41, 5.74) is 0.474. The van der Waals surface area contributed by atoms with Gasteiger partial charge in [0.1, 0.15) is 18.8 Å². The van der Waals surface area contributed by atoms with Crippen LogP contribution < -0.4 is 0 Å². The second-order valence-electron chi connectivity index (χ2n) is 7.81. The SMILES string of the molecule is CCCCCCCCCCCC(=O)OCC1(C)COC(c2ccccc2)=N1. The highest BCUT2D eigenvalue weighted by atomic mass is 16.5. The highest BCUT2D eigenvalue weighted by Gasteiger charge is 2.33. The predicted octanol–water partition coefficient (Wildman–Crippen LogP) is 5.69. The van der Waals surface area contributed by atoms with E-state index in [1.54, 1.807) is 0 Å². The van der Waals surface area contributed by atoms with Crippen LogP contribution >= 0.6 is 0 Å². The average molecular weight is 374 g/mol. The molecule has 0 amide bonds. The molecular weight excluding hydrogens is 338 g/mol. The summed E-state index contributed by atoms with van der Waals surface area (Å²) < 4.78 is 11.2. The van der Waals surface area contributed by atoms with Gasteiger partial charge in [0.15, 0.2) is 0 Å². The van der Waals surface area contributed by atoms with Gasteiger partial charge in [-0.25, -0.2) is 4.99 Å². The fourth-order valence-electron chi connectivity index (χ4n) is 3.22. The van der Waals surface area contributed by atoms with Crippen molar-refractivity contribution in [2.24, 2.45) is 4.99 Å². The Hall–Kier alpha value is -1.84. The molecule has 0 aliphatic carbocycles. The Morgan fingerprint density at radius 2 is 1.67 bits per heavy atom. The molecule has 0 radical (unpaired) electrons. The number of nitrogens with zero attached hydrogens (tertiary/aromatic N) is 1. The van der Waals surface area contributed by atoms with Crippen molar-refractivity contribution < 1.29 is 14.3 Å². The highest BCUT2D eigenvalue weighted by Crippen LogP contribution is 2.22. The molecule has 4 nitrogen and oxygen atoms in total. The molecule has 1 aromatic carbocycles. The molecule has 0 fully saturated rings. The first-order valence-corrected chi connectivity index (χ1v) is 10.6. The van der Waals surface area contributed by atoms with E-state index in [0.717, 1.165) is 18.4 Å². The summed E-state index contributed by atoms with van der Waals surface area (Å²) in [6, 6.07) is 9.83. The van der Waals surface area contributed by atoms with E-state index in [0.29, 0.717) is 18.9 Å². The van der Waals surface area contributed by atoms with E-state index in [1.165, 1.54) is 44.9 Å². The van der Waals surface area contributed by atoms with Crippen LogP contribution in [0.5, 0.6) is 0 Å². The van der Waals surface area contributed by atoms with Crippen LogP contribution in [0.4, 0.5) is 0 Å². The van der Waals surface area contributed by atoms with Gasteiger partial charge in [0.2, 0.25) is 5.90 Å². The van der Waals surface area contributed by atoms with Gasteiger partial charge < -0.3 is 9.47 Å². The third-order valence-corrected chi connectivity index (χ3v) is 4.94. The van der Waals surface area contributed by atoms with Crippen LogP contribution in [0.15, 0.2) is 35.3 Å². The van der Waals surface area contributed by atoms with Crippen LogP contribution in [0.3, 0.4) is 0 Å². The first kappa shape index (κ1) is 21.5. The standard InChI is InChI=1S/C23H35NO3/c1-3-4-5-6-7-8-9-10-14-17-21(25)26-18-23(2)19-27-22(24-23)20-15-12-11-13-16-20/h11-13,15-16H,3-10,14,17-19H2,1-2H3. The summed E-state index contributed by atoms with van der Waals surface area (Å²) >= 11 is 0. The zero-order valence-corrected chi connectivity index (χ0v) is 17.0. The fourth-order valence-corrected chi connectivity index (χ4v) is 3.22. The number of hydrogen-bond donors (Lipinski definition) is 0. The lowest BCUT2D eigenvalue weighted by Gasteiger charge is -2.17. The van der Waals surface area contributed by atoms with Gasteiger partial charge in [0.25, 0.3) is 0 Å². The van der Waals surface area contributed by atoms with Gasteiger partial charge in [-0.05, 0) is 25.5 Å². The molecular formula is C23H35NO3. The fraction of sp³-hybridized carbons (Fsp3) is 0.652. The Bertz CT molecular complexity index is 585. The molecule has 1 aliphatic rings. The van der Waals surface area contributed by atoms with Crippen molar-refractivity contribution in [3.63, 3.8) is 0 Å². The van der Waals surface area contributed by atoms with Gasteiger partial charge in [-0.1, -0.05) is 76.5 Å². The molecule has 0 saturated carbocycles. The molecule has 27 heavy (non-hydrogen) atoms. The molecule has 1 aromatic rings. The summed E-state index contributed by atoms with van der Waals surface area (Å²) in [5, 5.41) is 0. The number of benzene rings is 1. The van der Waals surface area contributed by atoms with Crippen molar-refractivity contribution in [3.8, 4) is 0 Å². The van der Waals surface area contributed by atoms with Gasteiger partial charge in [-0.15, -0.1) is 0 Å². The first-order chi connectivity index (χ1) is 13.1. The molecule has 150 valence electrons. The lowest BCUT2D eigenvalue weighted by Crippen LogP contribution is -2.31. The number of esters is 1. The number of aliphatic imine (C=N–C) groups is 1. The van der Waals surface area contributed by atoms with E-state index < -0.39 is 5.54 Å². The summed E-state index contributed by atoms with van der Waals surface area (Å²) in [4.78, 5) is 16.6. The summed E-state index contributed by atoms with van der Waals surface area (Å²) in [5.74, 6) is 0.510. The van der Waals surface area contributed by atoms with Gasteiger partial charge in [-0.3, -0.25) is 4.79 Å². The predicted molar refractivity (Wildman–Crippen MR) is 110 cm³/mol. The van der Waals surface area contributed by atoms with Crippen molar-refractivity contribution in [2.45, 2.75) is 83.6 Å². The molecule has 2 rings (SSSR count). The smallest absolute Gasteiger partial charge is 0.305 e. The minimum atomic E-state index is -0.487. The molecule has 1 unspecified atom stereocenters. The van der Waals surface area contributed by atoms with Crippen LogP contribution in [0.2, 0.25) is 0 Å². The zero-order valence-electron chi connectivity index (χ0n) is 17.0. The minimum Gasteiger partial charge on any atom is -0.475 e. The van der Waals surface area contributed by atoms with Crippen molar-refractivity contribution in [1.29, 1.82) is 0 Å². The maximum Gasteiger partial charge on any atom is 0.305 e. The van der Waals surface area contributed by atoms with Gasteiger partial charge >= 0.3 is 5.97 Å². The minimum absolute atomic E-state index is 0.123. The van der Waals surface area contributed by atoms with Crippen molar-refractivity contribution in [2.75, 3.05) is 13.2 Å². The largest absolute Gasteiger partial charge is 0.475 e. The number of ether oxygens (including phenoxy) is 2. The van der Waals surface area contributed by atoms with E-state index >= 15 is 0 Å². The lowest BCUT2D eigenvalue weighted by atomic mass is 10.1. The van der Waals surface area contributed by atoms with Gasteiger partial charge in [0, 0.05) is 12.0 Å². The van der Waals surface area contributed by atoms with Crippen LogP contribution in [0, 0.1) is 0 Å². The normalized spacial score (nSPS) is 18.8. The molecule has 0 aromatic heterocycles. The maximum atomic E-state index is 12.0. The van der Waals surface area contributed by atoms with Gasteiger partial charge in [-0.2, -0.15) is 0 Å². The summed E-state index contributed by atoms with van der Waals surface area (Å²) in [6.07, 6.45) is 11.7. The number of carbonyl (C=O) groups is 1. The highest BCUT2D eigenvalue weighted by molar-refractivity contribution is 5.95. The lowest BCUT2D eigenvalue weighted by molar-refractivity contribution is -0.145. The molecule has 4 heteroatoms. The Balaban J connectivity index is 1.57. The maximum absolute atomic E-state index is 12.0. The first-order valence-electron chi connectivity index (χ1n) is 10.6. The third kappa shape index (κ3) is 8.15. The third-order valence-electron chi connectivity index (χ3n) is 4.94. The van der Waals surface area contributed by atoms with Crippen molar-refractivity contribution in [1.82, 2.24) is 0 Å². The molecule has 0 spiro atoms. The van der Waals surface area contributed by atoms with Crippen molar-refractivity contribution >= 4 is 11.9 Å². The summed E-state index contributed by atoms with van der Waals surface area (Å²) in [7, 11) is 0. The number of carbonyl (C=O) groups excluding carboxylic acids is 1. The van der Waals surface area contributed by atoms with E-state index in [-0.39, 0.29) is 12.6 Å². The number of rotatable bonds is 13. The van der Waals surface area contributed by atoms with Crippen LogP contribution in [-0.2, 0) is 14.3 Å². The Labute approximate surface area is 164 Å². The molecule has 1 aliphatic heterocycles. The molecule has 1 atom stereocenters. The van der Waals surface area contributed by atoms with E-state index in [4.69, 9.17) is 9.47 Å². The Kier molecular flexibility index (Phi) is 9.37. The van der Waals surface area contributed by atoms with Crippen LogP contribution in [0.25, 0.3) is 0 Å². The van der Waals surface area contributed by atoms with E-state index in [9.17, 15) is 4.79 Å². The van der Waals surface area contributed by atoms with E-state index in [2.05, 4.69) is 11.9 Å².